The summed E-state index contributed by atoms with van der Waals surface area (Å²) in [6, 6.07) is 16.8. The Labute approximate surface area is 163 Å². The van der Waals surface area contributed by atoms with Gasteiger partial charge in [-0.3, -0.25) is 4.79 Å². The number of benzene rings is 2. The number of aromatic nitrogens is 2. The zero-order valence-corrected chi connectivity index (χ0v) is 15.9. The molecule has 27 heavy (non-hydrogen) atoms. The molecule has 6 nitrogen and oxygen atoms in total. The summed E-state index contributed by atoms with van der Waals surface area (Å²) in [5, 5.41) is 6.61. The predicted molar refractivity (Wildman–Crippen MR) is 109 cm³/mol. The first-order valence-corrected chi connectivity index (χ1v) is 8.79. The van der Waals surface area contributed by atoms with E-state index in [4.69, 9.17) is 11.6 Å². The van der Waals surface area contributed by atoms with Gasteiger partial charge in [0.1, 0.15) is 5.69 Å². The molecule has 1 heterocycles. The lowest BCUT2D eigenvalue weighted by molar-refractivity contribution is 0.0946. The van der Waals surface area contributed by atoms with Crippen LogP contribution in [0.3, 0.4) is 0 Å². The highest BCUT2D eigenvalue weighted by Crippen LogP contribution is 2.18. The third kappa shape index (κ3) is 5.18. The molecular weight excluding hydrogens is 362 g/mol. The first-order valence-electron chi connectivity index (χ1n) is 8.41. The predicted octanol–water partition coefficient (Wildman–Crippen LogP) is 3.87. The summed E-state index contributed by atoms with van der Waals surface area (Å²) in [6.07, 6.45) is 1.56. The van der Waals surface area contributed by atoms with E-state index in [-0.39, 0.29) is 5.91 Å². The summed E-state index contributed by atoms with van der Waals surface area (Å²) in [5.41, 5.74) is 3.20. The SMILES string of the molecule is CN(C)c1ccc(Nc2nccc(C(=O)NCc3ccc(Cl)cc3)n2)cc1. The molecular formula is C20H20ClN5O. The molecule has 0 radical (unpaired) electrons. The van der Waals surface area contributed by atoms with Crippen LogP contribution in [-0.4, -0.2) is 30.0 Å². The molecule has 0 fully saturated rings. The monoisotopic (exact) mass is 381 g/mol. The van der Waals surface area contributed by atoms with E-state index in [0.29, 0.717) is 23.2 Å². The van der Waals surface area contributed by atoms with Gasteiger partial charge in [0.2, 0.25) is 5.95 Å². The van der Waals surface area contributed by atoms with Gasteiger partial charge < -0.3 is 15.5 Å². The number of halogens is 1. The van der Waals surface area contributed by atoms with Crippen LogP contribution in [0.25, 0.3) is 0 Å². The number of carbonyl (C=O) groups excluding carboxylic acids is 1. The van der Waals surface area contributed by atoms with Crippen LogP contribution in [-0.2, 0) is 6.54 Å². The number of nitrogens with one attached hydrogen (secondary N) is 2. The van der Waals surface area contributed by atoms with E-state index in [1.165, 1.54) is 0 Å². The van der Waals surface area contributed by atoms with Crippen LogP contribution < -0.4 is 15.5 Å². The van der Waals surface area contributed by atoms with Crippen LogP contribution in [0.5, 0.6) is 0 Å². The van der Waals surface area contributed by atoms with Crippen molar-refractivity contribution in [2.45, 2.75) is 6.54 Å². The van der Waals surface area contributed by atoms with Crippen molar-refractivity contribution in [2.75, 3.05) is 24.3 Å². The van der Waals surface area contributed by atoms with E-state index in [1.807, 2.05) is 55.4 Å². The Morgan fingerprint density at radius 3 is 2.41 bits per heavy atom. The van der Waals surface area contributed by atoms with Crippen molar-refractivity contribution in [1.82, 2.24) is 15.3 Å². The molecule has 0 saturated carbocycles. The summed E-state index contributed by atoms with van der Waals surface area (Å²) < 4.78 is 0. The molecule has 3 rings (SSSR count). The van der Waals surface area contributed by atoms with Crippen LogP contribution in [0.15, 0.2) is 60.8 Å². The quantitative estimate of drug-likeness (QED) is 0.678. The molecule has 7 heteroatoms. The molecule has 0 aliphatic carbocycles. The minimum atomic E-state index is -0.265. The number of nitrogens with zero attached hydrogens (tertiary/aromatic N) is 3. The minimum absolute atomic E-state index is 0.265. The van der Waals surface area contributed by atoms with Crippen molar-refractivity contribution in [3.8, 4) is 0 Å². The highest BCUT2D eigenvalue weighted by atomic mass is 35.5. The third-order valence-corrected chi connectivity index (χ3v) is 4.15. The van der Waals surface area contributed by atoms with Gasteiger partial charge in [0.25, 0.3) is 5.91 Å². The Hall–Kier alpha value is -3.12. The first-order chi connectivity index (χ1) is 13.0. The van der Waals surface area contributed by atoms with Gasteiger partial charge in [0, 0.05) is 43.2 Å². The van der Waals surface area contributed by atoms with E-state index in [1.54, 1.807) is 24.4 Å². The van der Waals surface area contributed by atoms with Gasteiger partial charge in [-0.15, -0.1) is 0 Å². The number of amides is 1. The maximum Gasteiger partial charge on any atom is 0.270 e. The molecule has 0 unspecified atom stereocenters. The van der Waals surface area contributed by atoms with E-state index in [0.717, 1.165) is 16.9 Å². The van der Waals surface area contributed by atoms with E-state index >= 15 is 0 Å². The summed E-state index contributed by atoms with van der Waals surface area (Å²) in [6.45, 7) is 0.398. The fourth-order valence-electron chi connectivity index (χ4n) is 2.39. The van der Waals surface area contributed by atoms with Crippen molar-refractivity contribution in [1.29, 1.82) is 0 Å². The van der Waals surface area contributed by atoms with E-state index < -0.39 is 0 Å². The van der Waals surface area contributed by atoms with Crippen LogP contribution in [0.4, 0.5) is 17.3 Å². The topological polar surface area (TPSA) is 70.2 Å². The highest BCUT2D eigenvalue weighted by molar-refractivity contribution is 6.30. The van der Waals surface area contributed by atoms with Crippen molar-refractivity contribution < 1.29 is 4.79 Å². The third-order valence-electron chi connectivity index (χ3n) is 3.89. The van der Waals surface area contributed by atoms with Crippen LogP contribution in [0.2, 0.25) is 5.02 Å². The number of hydrogen-bond acceptors (Lipinski definition) is 5. The molecule has 0 atom stereocenters. The maximum atomic E-state index is 12.3. The molecule has 0 aliphatic heterocycles. The smallest absolute Gasteiger partial charge is 0.270 e. The van der Waals surface area contributed by atoms with Gasteiger partial charge >= 0.3 is 0 Å². The number of carbonyl (C=O) groups is 1. The Bertz CT molecular complexity index is 910. The zero-order chi connectivity index (χ0) is 19.2. The largest absolute Gasteiger partial charge is 0.378 e. The molecule has 0 aliphatic rings. The molecule has 0 saturated heterocycles. The lowest BCUT2D eigenvalue weighted by Gasteiger charge is -2.13. The summed E-state index contributed by atoms with van der Waals surface area (Å²) >= 11 is 5.86. The van der Waals surface area contributed by atoms with Crippen LogP contribution in [0.1, 0.15) is 16.1 Å². The highest BCUT2D eigenvalue weighted by Gasteiger charge is 2.09. The Morgan fingerprint density at radius 2 is 1.74 bits per heavy atom. The van der Waals surface area contributed by atoms with Gasteiger partial charge in [0.05, 0.1) is 0 Å². The fourth-order valence-corrected chi connectivity index (χ4v) is 2.52. The Balaban J connectivity index is 1.63. The van der Waals surface area contributed by atoms with Crippen molar-refractivity contribution >= 4 is 34.8 Å². The van der Waals surface area contributed by atoms with Crippen LogP contribution in [0, 0.1) is 0 Å². The van der Waals surface area contributed by atoms with Gasteiger partial charge in [-0.25, -0.2) is 9.97 Å². The number of hydrogen-bond donors (Lipinski definition) is 2. The lowest BCUT2D eigenvalue weighted by Crippen LogP contribution is -2.24. The van der Waals surface area contributed by atoms with Gasteiger partial charge in [0.15, 0.2) is 0 Å². The second-order valence-corrected chi connectivity index (χ2v) is 6.58. The van der Waals surface area contributed by atoms with Crippen molar-refractivity contribution in [3.63, 3.8) is 0 Å². The second-order valence-electron chi connectivity index (χ2n) is 6.14. The molecule has 3 aromatic rings. The summed E-state index contributed by atoms with van der Waals surface area (Å²) in [7, 11) is 3.97. The standard InChI is InChI=1S/C20H20ClN5O/c1-26(2)17-9-7-16(8-10-17)24-20-22-12-11-18(25-20)19(27)23-13-14-3-5-15(21)6-4-14/h3-12H,13H2,1-2H3,(H,23,27)(H,22,24,25). The average molecular weight is 382 g/mol. The second kappa shape index (κ2) is 8.51. The molecule has 1 aromatic heterocycles. The fraction of sp³-hybridized carbons (Fsp3) is 0.150. The Kier molecular flexibility index (Phi) is 5.88. The Morgan fingerprint density at radius 1 is 1.04 bits per heavy atom. The minimum Gasteiger partial charge on any atom is -0.378 e. The zero-order valence-electron chi connectivity index (χ0n) is 15.1. The molecule has 138 valence electrons. The summed E-state index contributed by atoms with van der Waals surface area (Å²) in [4.78, 5) is 22.8. The lowest BCUT2D eigenvalue weighted by atomic mass is 10.2. The van der Waals surface area contributed by atoms with Crippen LogP contribution >= 0.6 is 11.6 Å². The number of rotatable bonds is 6. The van der Waals surface area contributed by atoms with Gasteiger partial charge in [-0.1, -0.05) is 23.7 Å². The van der Waals surface area contributed by atoms with Crippen molar-refractivity contribution in [2.24, 2.45) is 0 Å². The average Bonchev–Trinajstić information content (AvgIpc) is 2.68. The molecule has 0 bridgehead atoms. The van der Waals surface area contributed by atoms with Gasteiger partial charge in [-0.2, -0.15) is 0 Å². The normalized spacial score (nSPS) is 10.3. The molecule has 2 N–H and O–H groups in total. The van der Waals surface area contributed by atoms with E-state index in [9.17, 15) is 4.79 Å². The van der Waals surface area contributed by atoms with Crippen molar-refractivity contribution in [3.05, 3.63) is 77.1 Å². The van der Waals surface area contributed by atoms with E-state index in [2.05, 4.69) is 20.6 Å². The maximum absolute atomic E-state index is 12.3. The molecule has 1 amide bonds. The number of anilines is 3. The first kappa shape index (κ1) is 18.7. The molecule has 0 spiro atoms. The molecule has 2 aromatic carbocycles. The van der Waals surface area contributed by atoms with Gasteiger partial charge in [-0.05, 0) is 48.0 Å². The summed E-state index contributed by atoms with van der Waals surface area (Å²) in [5.74, 6) is 0.102.